The van der Waals surface area contributed by atoms with Crippen LogP contribution in [-0.2, 0) is 11.3 Å². The van der Waals surface area contributed by atoms with Gasteiger partial charge in [0.15, 0.2) is 5.78 Å². The predicted molar refractivity (Wildman–Crippen MR) is 120 cm³/mol. The number of benzene rings is 2. The van der Waals surface area contributed by atoms with Crippen LogP contribution in [0.5, 0.6) is 0 Å². The van der Waals surface area contributed by atoms with Gasteiger partial charge < -0.3 is 9.88 Å². The number of rotatable bonds is 5. The number of amides is 1. The lowest BCUT2D eigenvalue weighted by molar-refractivity contribution is -0.116. The highest BCUT2D eigenvalue weighted by atomic mass is 19.1. The molecule has 0 aliphatic heterocycles. The summed E-state index contributed by atoms with van der Waals surface area (Å²) in [5.41, 5.74) is 2.61. The Kier molecular flexibility index (Phi) is 5.64. The van der Waals surface area contributed by atoms with Gasteiger partial charge in [-0.15, -0.1) is 0 Å². The summed E-state index contributed by atoms with van der Waals surface area (Å²) in [4.78, 5) is 42.8. The summed E-state index contributed by atoms with van der Waals surface area (Å²) in [6.07, 6.45) is 4.37. The molecule has 0 aliphatic rings. The van der Waals surface area contributed by atoms with Crippen LogP contribution < -0.4 is 10.7 Å². The standard InChI is InChI=1S/C25H20FN3O3/c1-15-10-20-22(11-16(15)2)29(14-23(30)28-19-5-3-4-18(26)12-19)13-21(25(20)32)24(31)17-6-8-27-9-7-17/h3-13H,14H2,1-2H3,(H,28,30). The van der Waals surface area contributed by atoms with E-state index in [1.165, 1.54) is 48.9 Å². The summed E-state index contributed by atoms with van der Waals surface area (Å²) < 4.78 is 15.0. The first kappa shape index (κ1) is 21.1. The Morgan fingerprint density at radius 3 is 2.47 bits per heavy atom. The van der Waals surface area contributed by atoms with E-state index in [1.54, 1.807) is 16.7 Å². The number of ketones is 1. The Morgan fingerprint density at radius 2 is 1.75 bits per heavy atom. The maximum atomic E-state index is 13.4. The van der Waals surface area contributed by atoms with Crippen molar-refractivity contribution in [2.24, 2.45) is 0 Å². The van der Waals surface area contributed by atoms with E-state index >= 15 is 0 Å². The zero-order chi connectivity index (χ0) is 22.8. The molecule has 0 spiro atoms. The average molecular weight is 429 g/mol. The van der Waals surface area contributed by atoms with Gasteiger partial charge in [-0.25, -0.2) is 4.39 Å². The number of hydrogen-bond acceptors (Lipinski definition) is 4. The minimum atomic E-state index is -0.465. The van der Waals surface area contributed by atoms with Gasteiger partial charge in [-0.1, -0.05) is 6.07 Å². The van der Waals surface area contributed by atoms with E-state index in [-0.39, 0.29) is 12.1 Å². The van der Waals surface area contributed by atoms with Crippen LogP contribution in [0.15, 0.2) is 71.9 Å². The number of carbonyl (C=O) groups is 2. The minimum Gasteiger partial charge on any atom is -0.337 e. The average Bonchev–Trinajstić information content (AvgIpc) is 2.77. The van der Waals surface area contributed by atoms with Crippen molar-refractivity contribution >= 4 is 28.3 Å². The van der Waals surface area contributed by atoms with Crippen LogP contribution >= 0.6 is 0 Å². The molecular formula is C25H20FN3O3. The van der Waals surface area contributed by atoms with Gasteiger partial charge in [0.05, 0.1) is 11.1 Å². The summed E-state index contributed by atoms with van der Waals surface area (Å²) in [5, 5.41) is 3.00. The summed E-state index contributed by atoms with van der Waals surface area (Å²) in [6.45, 7) is 3.63. The number of hydrogen-bond donors (Lipinski definition) is 1. The van der Waals surface area contributed by atoms with Gasteiger partial charge in [0, 0.05) is 35.2 Å². The molecule has 0 atom stereocenters. The highest BCUT2D eigenvalue weighted by Gasteiger charge is 2.19. The van der Waals surface area contributed by atoms with Crippen molar-refractivity contribution in [2.75, 3.05) is 5.32 Å². The lowest BCUT2D eigenvalue weighted by atomic mass is 10.0. The normalized spacial score (nSPS) is 10.8. The number of aryl methyl sites for hydroxylation is 2. The van der Waals surface area contributed by atoms with Crippen molar-refractivity contribution in [3.8, 4) is 0 Å². The number of aromatic nitrogens is 2. The molecule has 4 aromatic rings. The molecule has 7 heteroatoms. The second-order valence-corrected chi connectivity index (χ2v) is 7.58. The van der Waals surface area contributed by atoms with Crippen molar-refractivity contribution < 1.29 is 14.0 Å². The Bertz CT molecular complexity index is 1410. The van der Waals surface area contributed by atoms with E-state index in [0.717, 1.165) is 11.1 Å². The molecule has 2 heterocycles. The molecule has 1 amide bonds. The molecule has 160 valence electrons. The molecule has 0 saturated carbocycles. The zero-order valence-corrected chi connectivity index (χ0v) is 17.6. The summed E-state index contributed by atoms with van der Waals surface area (Å²) in [5.74, 6) is -1.33. The van der Waals surface area contributed by atoms with Gasteiger partial charge in [-0.2, -0.15) is 0 Å². The van der Waals surface area contributed by atoms with Crippen LogP contribution in [-0.4, -0.2) is 21.2 Å². The van der Waals surface area contributed by atoms with E-state index in [9.17, 15) is 18.8 Å². The maximum Gasteiger partial charge on any atom is 0.244 e. The Hall–Kier alpha value is -4.13. The smallest absolute Gasteiger partial charge is 0.244 e. The molecule has 32 heavy (non-hydrogen) atoms. The highest BCUT2D eigenvalue weighted by Crippen LogP contribution is 2.19. The molecule has 4 rings (SSSR count). The van der Waals surface area contributed by atoms with Crippen molar-refractivity contribution in [1.29, 1.82) is 0 Å². The van der Waals surface area contributed by atoms with E-state index in [2.05, 4.69) is 10.3 Å². The fourth-order valence-corrected chi connectivity index (χ4v) is 3.52. The van der Waals surface area contributed by atoms with Crippen LogP contribution in [0.25, 0.3) is 10.9 Å². The largest absolute Gasteiger partial charge is 0.337 e. The first-order chi connectivity index (χ1) is 15.3. The van der Waals surface area contributed by atoms with Gasteiger partial charge in [-0.3, -0.25) is 19.4 Å². The quantitative estimate of drug-likeness (QED) is 0.486. The molecule has 0 aliphatic carbocycles. The fourth-order valence-electron chi connectivity index (χ4n) is 3.52. The van der Waals surface area contributed by atoms with Crippen molar-refractivity contribution in [1.82, 2.24) is 9.55 Å². The highest BCUT2D eigenvalue weighted by molar-refractivity contribution is 6.10. The fraction of sp³-hybridized carbons (Fsp3) is 0.120. The zero-order valence-electron chi connectivity index (χ0n) is 17.6. The summed E-state index contributed by atoms with van der Waals surface area (Å²) >= 11 is 0. The molecule has 0 unspecified atom stereocenters. The van der Waals surface area contributed by atoms with E-state index in [4.69, 9.17) is 0 Å². The second kappa shape index (κ2) is 8.55. The monoisotopic (exact) mass is 429 g/mol. The number of halogens is 1. The van der Waals surface area contributed by atoms with Crippen LogP contribution in [0.1, 0.15) is 27.0 Å². The molecule has 2 aromatic carbocycles. The third-order valence-corrected chi connectivity index (χ3v) is 5.31. The predicted octanol–water partition coefficient (Wildman–Crippen LogP) is 4.02. The maximum absolute atomic E-state index is 13.4. The van der Waals surface area contributed by atoms with Crippen molar-refractivity contribution in [3.05, 3.63) is 105 Å². The van der Waals surface area contributed by atoms with Crippen LogP contribution in [0.4, 0.5) is 10.1 Å². The first-order valence-corrected chi connectivity index (χ1v) is 9.98. The molecular weight excluding hydrogens is 409 g/mol. The van der Waals surface area contributed by atoms with Crippen LogP contribution in [0.2, 0.25) is 0 Å². The summed E-state index contributed by atoms with van der Waals surface area (Å²) in [6, 6.07) is 12.2. The van der Waals surface area contributed by atoms with Crippen molar-refractivity contribution in [3.63, 3.8) is 0 Å². The summed E-state index contributed by atoms with van der Waals surface area (Å²) in [7, 11) is 0. The third kappa shape index (κ3) is 4.18. The number of carbonyl (C=O) groups excluding carboxylic acids is 2. The molecule has 0 radical (unpaired) electrons. The Labute approximate surface area is 183 Å². The first-order valence-electron chi connectivity index (χ1n) is 9.98. The molecule has 6 nitrogen and oxygen atoms in total. The number of pyridine rings is 2. The second-order valence-electron chi connectivity index (χ2n) is 7.58. The van der Waals surface area contributed by atoms with E-state index in [1.807, 2.05) is 19.9 Å². The lowest BCUT2D eigenvalue weighted by Gasteiger charge is -2.15. The van der Waals surface area contributed by atoms with Crippen molar-refractivity contribution in [2.45, 2.75) is 20.4 Å². The SMILES string of the molecule is Cc1cc2c(=O)c(C(=O)c3ccncc3)cn(CC(=O)Nc3cccc(F)c3)c2cc1C. The van der Waals surface area contributed by atoms with Crippen LogP contribution in [0.3, 0.4) is 0 Å². The molecule has 0 saturated heterocycles. The molecule has 1 N–H and O–H groups in total. The molecule has 0 bridgehead atoms. The van der Waals surface area contributed by atoms with E-state index in [0.29, 0.717) is 22.2 Å². The lowest BCUT2D eigenvalue weighted by Crippen LogP contribution is -2.24. The Balaban J connectivity index is 1.80. The number of nitrogens with zero attached hydrogens (tertiary/aromatic N) is 2. The van der Waals surface area contributed by atoms with Gasteiger partial charge in [0.2, 0.25) is 11.3 Å². The topological polar surface area (TPSA) is 81.1 Å². The number of anilines is 1. The van der Waals surface area contributed by atoms with Gasteiger partial charge in [0.25, 0.3) is 0 Å². The van der Waals surface area contributed by atoms with Gasteiger partial charge in [0.1, 0.15) is 12.4 Å². The van der Waals surface area contributed by atoms with Gasteiger partial charge >= 0.3 is 0 Å². The van der Waals surface area contributed by atoms with Gasteiger partial charge in [-0.05, 0) is 67.4 Å². The third-order valence-electron chi connectivity index (χ3n) is 5.31. The van der Waals surface area contributed by atoms with E-state index < -0.39 is 22.9 Å². The number of nitrogens with one attached hydrogen (secondary N) is 1. The molecule has 2 aromatic heterocycles. The van der Waals surface area contributed by atoms with Crippen LogP contribution in [0, 0.1) is 19.7 Å². The Morgan fingerprint density at radius 1 is 1.03 bits per heavy atom. The molecule has 0 fully saturated rings. The number of fused-ring (bicyclic) bond motifs is 1. The minimum absolute atomic E-state index is 0.0366.